The van der Waals surface area contributed by atoms with E-state index in [-0.39, 0.29) is 17.8 Å². The molecule has 0 aliphatic carbocycles. The molecule has 14 heteroatoms. The average molecular weight is 699 g/mol. The highest BCUT2D eigenvalue weighted by Crippen LogP contribution is 2.34. The summed E-state index contributed by atoms with van der Waals surface area (Å²) in [6.45, 7) is 13.0. The van der Waals surface area contributed by atoms with Crippen LogP contribution in [-0.4, -0.2) is 102 Å². The van der Waals surface area contributed by atoms with Gasteiger partial charge in [0.25, 0.3) is 0 Å². The predicted molar refractivity (Wildman–Crippen MR) is 195 cm³/mol. The van der Waals surface area contributed by atoms with Crippen molar-refractivity contribution in [2.24, 2.45) is 5.92 Å². The molecule has 48 heavy (non-hydrogen) atoms. The summed E-state index contributed by atoms with van der Waals surface area (Å²) in [7, 11) is 3.38. The van der Waals surface area contributed by atoms with Crippen LogP contribution in [0.2, 0.25) is 5.02 Å². The Labute approximate surface area is 292 Å². The van der Waals surface area contributed by atoms with Crippen molar-refractivity contribution in [1.82, 2.24) is 19.8 Å². The van der Waals surface area contributed by atoms with Crippen molar-refractivity contribution in [1.29, 1.82) is 0 Å². The highest BCUT2D eigenvalue weighted by molar-refractivity contribution is 7.67. The number of piperazine rings is 1. The first kappa shape index (κ1) is 35.7. The Morgan fingerprint density at radius 3 is 2.44 bits per heavy atom. The Kier molecular flexibility index (Phi) is 12.0. The van der Waals surface area contributed by atoms with Crippen LogP contribution in [0, 0.1) is 5.92 Å². The summed E-state index contributed by atoms with van der Waals surface area (Å²) < 4.78 is 24.3. The molecule has 2 N–H and O–H groups in total. The highest BCUT2D eigenvalue weighted by Gasteiger charge is 2.26. The van der Waals surface area contributed by atoms with Gasteiger partial charge in [-0.1, -0.05) is 23.7 Å². The molecule has 260 valence electrons. The number of carbonyl (C=O) groups is 1. The molecule has 0 unspecified atom stereocenters. The van der Waals surface area contributed by atoms with E-state index in [0.29, 0.717) is 40.7 Å². The van der Waals surface area contributed by atoms with Crippen LogP contribution in [0.1, 0.15) is 33.6 Å². The Morgan fingerprint density at radius 2 is 1.75 bits per heavy atom. The van der Waals surface area contributed by atoms with Crippen LogP contribution in [0.25, 0.3) is 0 Å². The third kappa shape index (κ3) is 9.71. The minimum atomic E-state index is -0.442. The van der Waals surface area contributed by atoms with Crippen LogP contribution < -0.4 is 24.6 Å². The number of ether oxygens (including phenoxy) is 2. The van der Waals surface area contributed by atoms with E-state index in [4.69, 9.17) is 21.1 Å². The van der Waals surface area contributed by atoms with Crippen LogP contribution in [0.4, 0.5) is 34.5 Å². The topological polar surface area (TPSA) is 115 Å². The average Bonchev–Trinajstić information content (AvgIpc) is 3.06. The molecule has 0 radical (unpaired) electrons. The Bertz CT molecular complexity index is 1560. The Hall–Kier alpha value is -3.65. The summed E-state index contributed by atoms with van der Waals surface area (Å²) in [5.74, 6) is 1.96. The smallest absolute Gasteiger partial charge is 0.320 e. The zero-order chi connectivity index (χ0) is 34.3. The number of aromatic nitrogens is 2. The van der Waals surface area contributed by atoms with E-state index in [9.17, 15) is 9.00 Å². The number of hydrogen-bond donors (Lipinski definition) is 3. The van der Waals surface area contributed by atoms with Crippen LogP contribution in [0.5, 0.6) is 5.75 Å². The van der Waals surface area contributed by atoms with E-state index in [1.807, 2.05) is 57.2 Å². The third-order valence-corrected chi connectivity index (χ3v) is 9.27. The molecule has 3 heterocycles. The number of nitrogens with zero attached hydrogens (tertiary/aromatic N) is 6. The van der Waals surface area contributed by atoms with Crippen LogP contribution in [0.3, 0.4) is 0 Å². The number of carbonyl (C=O) groups excluding carboxylic acids is 1. The summed E-state index contributed by atoms with van der Waals surface area (Å²) in [5.41, 5.74) is 2.83. The van der Waals surface area contributed by atoms with Crippen molar-refractivity contribution >= 4 is 63.9 Å². The van der Waals surface area contributed by atoms with Gasteiger partial charge in [0.05, 0.1) is 36.9 Å². The molecule has 1 aromatic heterocycles. The van der Waals surface area contributed by atoms with Gasteiger partial charge in [0.2, 0.25) is 5.95 Å². The van der Waals surface area contributed by atoms with Gasteiger partial charge in [-0.15, -0.1) is 0 Å². The maximum Gasteiger partial charge on any atom is 0.320 e. The third-order valence-electron chi connectivity index (χ3n) is 8.54. The van der Waals surface area contributed by atoms with Crippen molar-refractivity contribution in [3.05, 3.63) is 53.7 Å². The second kappa shape index (κ2) is 16.2. The number of rotatable bonds is 12. The lowest BCUT2D eigenvalue weighted by Crippen LogP contribution is -2.49. The lowest BCUT2D eigenvalue weighted by atomic mass is 9.96. The van der Waals surface area contributed by atoms with Gasteiger partial charge in [0, 0.05) is 51.5 Å². The molecule has 0 saturated carbocycles. The molecule has 2 saturated heterocycles. The molecule has 3 aromatic rings. The van der Waals surface area contributed by atoms with Gasteiger partial charge in [-0.25, -0.2) is 9.19 Å². The predicted octanol–water partition coefficient (Wildman–Crippen LogP) is 5.10. The molecular weight excluding hydrogens is 652 g/mol. The molecule has 2 fully saturated rings. The van der Waals surface area contributed by atoms with Crippen molar-refractivity contribution in [2.45, 2.75) is 39.2 Å². The summed E-state index contributed by atoms with van der Waals surface area (Å²) in [4.78, 5) is 28.4. The number of halogens is 1. The van der Waals surface area contributed by atoms with Gasteiger partial charge >= 0.3 is 5.97 Å². The first-order valence-electron chi connectivity index (χ1n) is 16.3. The van der Waals surface area contributed by atoms with Crippen molar-refractivity contribution < 1.29 is 18.5 Å². The molecule has 12 nitrogen and oxygen atoms in total. The molecule has 2 aliphatic heterocycles. The number of benzene rings is 2. The van der Waals surface area contributed by atoms with Gasteiger partial charge in [-0.3, -0.25) is 18.9 Å². The molecule has 0 bridgehead atoms. The van der Waals surface area contributed by atoms with E-state index in [1.165, 1.54) is 6.20 Å². The SMILES string of the molecule is COc1cc(N2CCN(CC3CCN(CC(=O)OC(C)(C)C)CC3)CC2)ccc1Nc1ncc(Cl)c(Nc2ccccc2N(C)[SH]=O)n1. The van der Waals surface area contributed by atoms with E-state index in [2.05, 4.69) is 41.4 Å². The number of esters is 1. The number of anilines is 6. The van der Waals surface area contributed by atoms with E-state index >= 15 is 0 Å². The maximum absolute atomic E-state index is 12.2. The molecule has 2 aliphatic rings. The summed E-state index contributed by atoms with van der Waals surface area (Å²) in [6, 6.07) is 13.6. The maximum atomic E-state index is 12.2. The first-order valence-corrected chi connectivity index (χ1v) is 17.5. The number of likely N-dealkylation sites (tertiary alicyclic amines) is 1. The number of hydrogen-bond acceptors (Lipinski definition) is 11. The normalized spacial score (nSPS) is 16.4. The lowest BCUT2D eigenvalue weighted by molar-refractivity contribution is -0.156. The van der Waals surface area contributed by atoms with Gasteiger partial charge in [-0.2, -0.15) is 4.98 Å². The second-order valence-corrected chi connectivity index (χ2v) is 14.4. The van der Waals surface area contributed by atoms with Gasteiger partial charge < -0.3 is 25.0 Å². The zero-order valence-electron chi connectivity index (χ0n) is 28.4. The minimum absolute atomic E-state index is 0.131. The van der Waals surface area contributed by atoms with E-state index in [0.717, 1.165) is 75.7 Å². The summed E-state index contributed by atoms with van der Waals surface area (Å²) >= 11 is 6.31. The molecule has 2 aromatic carbocycles. The number of nitrogens with one attached hydrogen (secondary N) is 2. The molecule has 0 spiro atoms. The van der Waals surface area contributed by atoms with Gasteiger partial charge in [0.15, 0.2) is 5.82 Å². The second-order valence-electron chi connectivity index (χ2n) is 13.2. The zero-order valence-corrected chi connectivity index (χ0v) is 30.1. The number of para-hydroxylation sites is 2. The lowest BCUT2D eigenvalue weighted by Gasteiger charge is -2.39. The van der Waals surface area contributed by atoms with E-state index < -0.39 is 5.60 Å². The van der Waals surface area contributed by atoms with Gasteiger partial charge in [-0.05, 0) is 76.9 Å². The minimum Gasteiger partial charge on any atom is -0.494 e. The molecule has 0 atom stereocenters. The number of methoxy groups -OCH3 is 1. The molecule has 5 rings (SSSR count). The van der Waals surface area contributed by atoms with Crippen molar-refractivity contribution in [3.63, 3.8) is 0 Å². The fourth-order valence-corrected chi connectivity index (χ4v) is 6.49. The first-order chi connectivity index (χ1) is 23.0. The van der Waals surface area contributed by atoms with Crippen LogP contribution >= 0.6 is 11.6 Å². The Morgan fingerprint density at radius 1 is 1.02 bits per heavy atom. The van der Waals surface area contributed by atoms with Crippen molar-refractivity contribution in [2.75, 3.05) is 86.4 Å². The quantitative estimate of drug-likeness (QED) is 0.173. The van der Waals surface area contributed by atoms with Gasteiger partial charge in [0.1, 0.15) is 28.2 Å². The number of piperidine rings is 1. The standard InChI is InChI=1S/C34H47ClN8O4S/c1-34(2,3)47-31(44)23-41-14-12-24(13-15-41)22-42-16-18-43(19-17-42)25-10-11-28(30(20-25)46-5)38-33-36-21-26(35)32(39-33)37-27-8-6-7-9-29(27)40(4)48-45/h6-11,20-21,24,48H,12-19,22-23H2,1-5H3,(H2,36,37,38,39). The van der Waals surface area contributed by atoms with E-state index in [1.54, 1.807) is 18.5 Å². The van der Waals surface area contributed by atoms with Crippen molar-refractivity contribution in [3.8, 4) is 5.75 Å². The highest BCUT2D eigenvalue weighted by atomic mass is 35.5. The summed E-state index contributed by atoms with van der Waals surface area (Å²) in [5, 5.41) is 6.86. The fraction of sp³-hybridized carbons (Fsp3) is 0.500. The molecule has 0 amide bonds. The Balaban J connectivity index is 1.13. The number of thiol groups is 1. The summed E-state index contributed by atoms with van der Waals surface area (Å²) in [6.07, 6.45) is 3.75. The monoisotopic (exact) mass is 698 g/mol. The molecular formula is C34H47ClN8O4S. The van der Waals surface area contributed by atoms with Crippen LogP contribution in [-0.2, 0) is 21.4 Å². The largest absolute Gasteiger partial charge is 0.494 e. The fourth-order valence-electron chi connectivity index (χ4n) is 6.09. The van der Waals surface area contributed by atoms with Crippen LogP contribution in [0.15, 0.2) is 48.7 Å².